The molecule has 0 bridgehead atoms. The first-order valence-electron chi connectivity index (χ1n) is 7.47. The van der Waals surface area contributed by atoms with Gasteiger partial charge in [0.1, 0.15) is 17.3 Å². The number of nitrogens with zero attached hydrogens (tertiary/aromatic N) is 1. The Morgan fingerprint density at radius 2 is 1.90 bits per heavy atom. The fourth-order valence-electron chi connectivity index (χ4n) is 2.75. The van der Waals surface area contributed by atoms with Gasteiger partial charge in [0.15, 0.2) is 0 Å². The van der Waals surface area contributed by atoms with Crippen molar-refractivity contribution in [1.29, 1.82) is 0 Å². The molecule has 0 radical (unpaired) electrons. The first-order valence-corrected chi connectivity index (χ1v) is 7.47. The maximum Gasteiger partial charge on any atom is 0.149 e. The number of halogens is 2. The molecule has 112 valence electrons. The zero-order valence-corrected chi connectivity index (χ0v) is 12.5. The van der Waals surface area contributed by atoms with E-state index in [-0.39, 0.29) is 11.7 Å². The van der Waals surface area contributed by atoms with Crippen molar-refractivity contribution in [3.8, 4) is 0 Å². The lowest BCUT2D eigenvalue weighted by Gasteiger charge is -2.35. The lowest BCUT2D eigenvalue weighted by molar-refractivity contribution is 0.463. The lowest BCUT2D eigenvalue weighted by Crippen LogP contribution is -2.38. The summed E-state index contributed by atoms with van der Waals surface area (Å²) in [6.45, 7) is 7.28. The van der Waals surface area contributed by atoms with Crippen LogP contribution >= 0.6 is 0 Å². The van der Waals surface area contributed by atoms with Gasteiger partial charge in [0.25, 0.3) is 0 Å². The highest BCUT2D eigenvalue weighted by molar-refractivity contribution is 5.52. The predicted molar refractivity (Wildman–Crippen MR) is 79.0 cm³/mol. The maximum atomic E-state index is 14.3. The van der Waals surface area contributed by atoms with Gasteiger partial charge in [0.05, 0.1) is 0 Å². The van der Waals surface area contributed by atoms with Gasteiger partial charge in [-0.25, -0.2) is 8.78 Å². The molecule has 1 unspecified atom stereocenters. The third-order valence-corrected chi connectivity index (χ3v) is 3.88. The standard InChI is InChI=1S/C16H24F2N2/c1-11(2)19-10-13-8-14(17)16(15(18)9-13)20-7-5-4-6-12(20)3/h8-9,11-12,19H,4-7,10H2,1-3H3. The minimum absolute atomic E-state index is 0.144. The minimum atomic E-state index is -0.445. The largest absolute Gasteiger partial charge is 0.364 e. The van der Waals surface area contributed by atoms with E-state index in [9.17, 15) is 8.78 Å². The van der Waals surface area contributed by atoms with Crippen LogP contribution < -0.4 is 10.2 Å². The Morgan fingerprint density at radius 3 is 2.45 bits per heavy atom. The second-order valence-electron chi connectivity index (χ2n) is 5.98. The highest BCUT2D eigenvalue weighted by Gasteiger charge is 2.24. The molecule has 2 rings (SSSR count). The molecule has 1 saturated heterocycles. The summed E-state index contributed by atoms with van der Waals surface area (Å²) in [6.07, 6.45) is 3.13. The first-order chi connectivity index (χ1) is 9.49. The quantitative estimate of drug-likeness (QED) is 0.902. The van der Waals surface area contributed by atoms with Gasteiger partial charge in [-0.2, -0.15) is 0 Å². The van der Waals surface area contributed by atoms with Gasteiger partial charge in [-0.15, -0.1) is 0 Å². The summed E-state index contributed by atoms with van der Waals surface area (Å²) >= 11 is 0. The fourth-order valence-corrected chi connectivity index (χ4v) is 2.75. The summed E-state index contributed by atoms with van der Waals surface area (Å²) in [4.78, 5) is 1.87. The molecule has 0 spiro atoms. The number of hydrogen-bond acceptors (Lipinski definition) is 2. The molecule has 20 heavy (non-hydrogen) atoms. The third-order valence-electron chi connectivity index (χ3n) is 3.88. The Balaban J connectivity index is 2.21. The SMILES string of the molecule is CC(C)NCc1cc(F)c(N2CCCCC2C)c(F)c1. The number of hydrogen-bond donors (Lipinski definition) is 1. The van der Waals surface area contributed by atoms with Crippen LogP contribution in [0, 0.1) is 11.6 Å². The Hall–Kier alpha value is -1.16. The molecule has 0 saturated carbocycles. The average molecular weight is 282 g/mol. The number of anilines is 1. The molecule has 0 amide bonds. The summed E-state index contributed by atoms with van der Waals surface area (Å²) in [5.41, 5.74) is 0.799. The zero-order chi connectivity index (χ0) is 14.7. The number of benzene rings is 1. The van der Waals surface area contributed by atoms with Crippen LogP contribution in [0.2, 0.25) is 0 Å². The van der Waals surface area contributed by atoms with Crippen molar-refractivity contribution in [1.82, 2.24) is 5.32 Å². The van der Waals surface area contributed by atoms with Crippen molar-refractivity contribution < 1.29 is 8.78 Å². The second kappa shape index (κ2) is 6.53. The molecule has 1 aliphatic rings. The van der Waals surface area contributed by atoms with Crippen LogP contribution in [0.15, 0.2) is 12.1 Å². The fraction of sp³-hybridized carbons (Fsp3) is 0.625. The Kier molecular flexibility index (Phi) is 4.97. The molecule has 2 nitrogen and oxygen atoms in total. The third kappa shape index (κ3) is 3.48. The molecule has 1 atom stereocenters. The summed E-state index contributed by atoms with van der Waals surface area (Å²) in [6, 6.07) is 3.40. The molecule has 0 aliphatic carbocycles. The number of rotatable bonds is 4. The molecular weight excluding hydrogens is 258 g/mol. The van der Waals surface area contributed by atoms with Crippen LogP contribution in [-0.2, 0) is 6.54 Å². The summed E-state index contributed by atoms with van der Waals surface area (Å²) < 4.78 is 28.6. The van der Waals surface area contributed by atoms with E-state index in [0.717, 1.165) is 25.8 Å². The van der Waals surface area contributed by atoms with E-state index in [0.29, 0.717) is 18.2 Å². The molecule has 1 fully saturated rings. The molecule has 1 heterocycles. The number of piperidine rings is 1. The summed E-state index contributed by atoms with van der Waals surface area (Å²) in [5.74, 6) is -0.890. The van der Waals surface area contributed by atoms with E-state index < -0.39 is 11.6 Å². The van der Waals surface area contributed by atoms with Crippen molar-refractivity contribution in [3.63, 3.8) is 0 Å². The van der Waals surface area contributed by atoms with Crippen molar-refractivity contribution >= 4 is 5.69 Å². The highest BCUT2D eigenvalue weighted by Crippen LogP contribution is 2.30. The monoisotopic (exact) mass is 282 g/mol. The Bertz CT molecular complexity index is 437. The second-order valence-corrected chi connectivity index (χ2v) is 5.98. The minimum Gasteiger partial charge on any atom is -0.364 e. The maximum absolute atomic E-state index is 14.3. The van der Waals surface area contributed by atoms with Crippen molar-refractivity contribution in [3.05, 3.63) is 29.3 Å². The first kappa shape index (κ1) is 15.2. The van der Waals surface area contributed by atoms with Crippen LogP contribution in [0.1, 0.15) is 45.6 Å². The van der Waals surface area contributed by atoms with Gasteiger partial charge < -0.3 is 10.2 Å². The highest BCUT2D eigenvalue weighted by atomic mass is 19.1. The van der Waals surface area contributed by atoms with Gasteiger partial charge in [-0.1, -0.05) is 13.8 Å². The Labute approximate surface area is 120 Å². The van der Waals surface area contributed by atoms with Crippen molar-refractivity contribution in [2.75, 3.05) is 11.4 Å². The van der Waals surface area contributed by atoms with E-state index in [1.165, 1.54) is 12.1 Å². The van der Waals surface area contributed by atoms with Crippen LogP contribution in [0.25, 0.3) is 0 Å². The van der Waals surface area contributed by atoms with Crippen LogP contribution in [0.3, 0.4) is 0 Å². The van der Waals surface area contributed by atoms with E-state index in [2.05, 4.69) is 5.32 Å². The average Bonchev–Trinajstić information content (AvgIpc) is 2.38. The molecule has 1 N–H and O–H groups in total. The molecule has 4 heteroatoms. The van der Waals surface area contributed by atoms with Crippen LogP contribution in [0.5, 0.6) is 0 Å². The molecule has 0 aromatic heterocycles. The van der Waals surface area contributed by atoms with E-state index in [1.54, 1.807) is 0 Å². The van der Waals surface area contributed by atoms with Gasteiger partial charge in [0, 0.05) is 25.2 Å². The Morgan fingerprint density at radius 1 is 1.25 bits per heavy atom. The smallest absolute Gasteiger partial charge is 0.149 e. The zero-order valence-electron chi connectivity index (χ0n) is 12.5. The lowest BCUT2D eigenvalue weighted by atomic mass is 10.0. The normalized spacial score (nSPS) is 19.7. The van der Waals surface area contributed by atoms with Gasteiger partial charge >= 0.3 is 0 Å². The van der Waals surface area contributed by atoms with Crippen molar-refractivity contribution in [2.24, 2.45) is 0 Å². The van der Waals surface area contributed by atoms with Crippen molar-refractivity contribution in [2.45, 2.75) is 58.7 Å². The molecular formula is C16H24F2N2. The van der Waals surface area contributed by atoms with Crippen LogP contribution in [0.4, 0.5) is 14.5 Å². The summed E-state index contributed by atoms with van der Waals surface area (Å²) in [5, 5.41) is 3.18. The van der Waals surface area contributed by atoms with Gasteiger partial charge in [-0.05, 0) is 43.9 Å². The number of nitrogens with one attached hydrogen (secondary N) is 1. The van der Waals surface area contributed by atoms with E-state index >= 15 is 0 Å². The van der Waals surface area contributed by atoms with E-state index in [1.807, 2.05) is 25.7 Å². The summed E-state index contributed by atoms with van der Waals surface area (Å²) in [7, 11) is 0. The topological polar surface area (TPSA) is 15.3 Å². The van der Waals surface area contributed by atoms with E-state index in [4.69, 9.17) is 0 Å². The van der Waals surface area contributed by atoms with Gasteiger partial charge in [0.2, 0.25) is 0 Å². The van der Waals surface area contributed by atoms with Gasteiger partial charge in [-0.3, -0.25) is 0 Å². The predicted octanol–water partition coefficient (Wildman–Crippen LogP) is 3.84. The molecule has 1 aromatic rings. The van der Waals surface area contributed by atoms with Crippen LogP contribution in [-0.4, -0.2) is 18.6 Å². The molecule has 1 aromatic carbocycles. The molecule has 1 aliphatic heterocycles.